The highest BCUT2D eigenvalue weighted by Gasteiger charge is 2.32. The average Bonchev–Trinajstić information content (AvgIpc) is 3.07. The van der Waals surface area contributed by atoms with Crippen molar-refractivity contribution in [3.8, 4) is 0 Å². The van der Waals surface area contributed by atoms with Crippen molar-refractivity contribution in [3.63, 3.8) is 0 Å². The Morgan fingerprint density at radius 3 is 1.98 bits per heavy atom. The lowest BCUT2D eigenvalue weighted by molar-refractivity contribution is 0.00450. The number of benzene rings is 3. The van der Waals surface area contributed by atoms with E-state index in [4.69, 9.17) is 35.3 Å². The number of imide groups is 1. The van der Waals surface area contributed by atoms with Crippen molar-refractivity contribution >= 4 is 39.7 Å². The largest absolute Gasteiger partial charge is 0.397 e. The van der Waals surface area contributed by atoms with Crippen molar-refractivity contribution in [1.82, 2.24) is 4.90 Å². The van der Waals surface area contributed by atoms with E-state index in [1.54, 1.807) is 51.6 Å². The van der Waals surface area contributed by atoms with Gasteiger partial charge in [0.2, 0.25) is 0 Å². The third-order valence-electron chi connectivity index (χ3n) is 7.65. The molecular weight excluding hydrogens is 590 g/mol. The van der Waals surface area contributed by atoms with Crippen LogP contribution in [0.4, 0.5) is 11.4 Å². The molecule has 0 aromatic heterocycles. The van der Waals surface area contributed by atoms with Gasteiger partial charge in [-0.1, -0.05) is 24.3 Å². The SMILES string of the molecule is CCN1C(=O)c2cccc3c(N(N)/C=C(\N)c4ccc(N(CCOC)CCOCCOCCOCCOC)cc4)ccc(c23)C1=O. The topological polar surface area (TPSA) is 142 Å². The zero-order valence-corrected chi connectivity index (χ0v) is 26.9. The number of hydrogen-bond acceptors (Lipinski definition) is 11. The molecule has 1 aliphatic rings. The summed E-state index contributed by atoms with van der Waals surface area (Å²) in [6.45, 7) is 7.73. The molecule has 3 aromatic rings. The van der Waals surface area contributed by atoms with E-state index >= 15 is 0 Å². The molecule has 4 N–H and O–H groups in total. The summed E-state index contributed by atoms with van der Waals surface area (Å²) in [6, 6.07) is 16.7. The van der Waals surface area contributed by atoms with Gasteiger partial charge in [-0.2, -0.15) is 0 Å². The Morgan fingerprint density at radius 2 is 1.35 bits per heavy atom. The highest BCUT2D eigenvalue weighted by atomic mass is 16.6. The fourth-order valence-corrected chi connectivity index (χ4v) is 5.23. The first-order chi connectivity index (χ1) is 22.4. The normalized spacial score (nSPS) is 13.1. The van der Waals surface area contributed by atoms with Crippen LogP contribution < -0.4 is 21.5 Å². The van der Waals surface area contributed by atoms with Gasteiger partial charge in [0, 0.05) is 67.6 Å². The molecule has 0 fully saturated rings. The Hall–Kier alpha value is -4.04. The molecule has 248 valence electrons. The number of nitrogens with two attached hydrogens (primary N) is 2. The molecule has 12 nitrogen and oxygen atoms in total. The molecule has 0 bridgehead atoms. The van der Waals surface area contributed by atoms with Crippen LogP contribution in [0, 0.1) is 0 Å². The molecule has 46 heavy (non-hydrogen) atoms. The number of amides is 2. The molecule has 2 amide bonds. The predicted octanol–water partition coefficient (Wildman–Crippen LogP) is 3.24. The highest BCUT2D eigenvalue weighted by Crippen LogP contribution is 2.35. The maximum Gasteiger partial charge on any atom is 0.261 e. The molecule has 0 saturated heterocycles. The molecular formula is C34H45N5O7. The number of methoxy groups -OCH3 is 2. The van der Waals surface area contributed by atoms with E-state index in [1.807, 2.05) is 30.3 Å². The quantitative estimate of drug-likeness (QED) is 0.0818. The Kier molecular flexibility index (Phi) is 13.3. The lowest BCUT2D eigenvalue weighted by Crippen LogP contribution is -2.40. The minimum Gasteiger partial charge on any atom is -0.397 e. The lowest BCUT2D eigenvalue weighted by Gasteiger charge is -2.27. The average molecular weight is 636 g/mol. The van der Waals surface area contributed by atoms with Crippen LogP contribution in [-0.2, 0) is 23.7 Å². The second kappa shape index (κ2) is 17.6. The lowest BCUT2D eigenvalue weighted by atomic mass is 9.93. The number of anilines is 2. The van der Waals surface area contributed by atoms with Gasteiger partial charge in [-0.05, 0) is 42.8 Å². The summed E-state index contributed by atoms with van der Waals surface area (Å²) in [7, 11) is 3.32. The van der Waals surface area contributed by atoms with Crippen LogP contribution in [0.3, 0.4) is 0 Å². The molecule has 12 heteroatoms. The number of hydrazine groups is 1. The smallest absolute Gasteiger partial charge is 0.261 e. The molecule has 4 rings (SSSR count). The third-order valence-corrected chi connectivity index (χ3v) is 7.65. The van der Waals surface area contributed by atoms with E-state index in [0.29, 0.717) is 106 Å². The van der Waals surface area contributed by atoms with Crippen LogP contribution >= 0.6 is 0 Å². The summed E-state index contributed by atoms with van der Waals surface area (Å²) in [5, 5.41) is 2.72. The van der Waals surface area contributed by atoms with Gasteiger partial charge in [-0.15, -0.1) is 0 Å². The van der Waals surface area contributed by atoms with E-state index in [1.165, 1.54) is 9.91 Å². The van der Waals surface area contributed by atoms with Gasteiger partial charge >= 0.3 is 0 Å². The monoisotopic (exact) mass is 635 g/mol. The fourth-order valence-electron chi connectivity index (χ4n) is 5.23. The van der Waals surface area contributed by atoms with Gasteiger partial charge < -0.3 is 34.3 Å². The van der Waals surface area contributed by atoms with Crippen LogP contribution in [0.25, 0.3) is 16.5 Å². The van der Waals surface area contributed by atoms with Crippen molar-refractivity contribution in [2.24, 2.45) is 11.6 Å². The summed E-state index contributed by atoms with van der Waals surface area (Å²) >= 11 is 0. The predicted molar refractivity (Wildman–Crippen MR) is 179 cm³/mol. The maximum atomic E-state index is 13.0. The summed E-state index contributed by atoms with van der Waals surface area (Å²) < 4.78 is 26.9. The number of carbonyl (C=O) groups is 2. The summed E-state index contributed by atoms with van der Waals surface area (Å²) in [5.74, 6) is 5.87. The van der Waals surface area contributed by atoms with Crippen molar-refractivity contribution in [2.45, 2.75) is 6.92 Å². The van der Waals surface area contributed by atoms with Gasteiger partial charge in [0.15, 0.2) is 0 Å². The van der Waals surface area contributed by atoms with E-state index in [9.17, 15) is 9.59 Å². The highest BCUT2D eigenvalue weighted by molar-refractivity contribution is 6.26. The maximum absolute atomic E-state index is 13.0. The minimum atomic E-state index is -0.308. The molecule has 0 atom stereocenters. The molecule has 0 unspecified atom stereocenters. The van der Waals surface area contributed by atoms with Gasteiger partial charge in [-0.25, -0.2) is 5.84 Å². The van der Waals surface area contributed by atoms with Crippen molar-refractivity contribution in [3.05, 3.63) is 77.5 Å². The van der Waals surface area contributed by atoms with Crippen LogP contribution in [0.2, 0.25) is 0 Å². The standard InChI is InChI=1S/C34H45N5O7/c1-4-38-33(40)28-7-5-6-27-31(13-12-29(32(27)28)34(38)41)39(36)24-30(35)25-8-10-26(11-9-25)37(14-16-42-2)15-17-44-20-21-46-23-22-45-19-18-43-3/h5-13,24H,4,14-23,35-36H2,1-3H3/b30-24-. The van der Waals surface area contributed by atoms with E-state index in [-0.39, 0.29) is 11.8 Å². The van der Waals surface area contributed by atoms with Crippen LogP contribution in [0.15, 0.2) is 60.8 Å². The molecule has 1 aliphatic heterocycles. The number of carbonyl (C=O) groups excluding carboxylic acids is 2. The zero-order valence-electron chi connectivity index (χ0n) is 26.9. The summed E-state index contributed by atoms with van der Waals surface area (Å²) in [5.41, 5.74) is 10.3. The minimum absolute atomic E-state index is 0.302. The van der Waals surface area contributed by atoms with Gasteiger partial charge in [0.25, 0.3) is 11.8 Å². The number of rotatable bonds is 20. The first kappa shape index (κ1) is 34.8. The van der Waals surface area contributed by atoms with E-state index in [0.717, 1.165) is 11.3 Å². The fraction of sp³-hybridized carbons (Fsp3) is 0.412. The Morgan fingerprint density at radius 1 is 0.761 bits per heavy atom. The molecule has 0 radical (unpaired) electrons. The Balaban J connectivity index is 1.37. The zero-order chi connectivity index (χ0) is 32.9. The van der Waals surface area contributed by atoms with Crippen LogP contribution in [0.5, 0.6) is 0 Å². The molecule has 3 aromatic carbocycles. The van der Waals surface area contributed by atoms with Crippen molar-refractivity contribution in [2.75, 3.05) is 96.6 Å². The van der Waals surface area contributed by atoms with Crippen molar-refractivity contribution < 1.29 is 33.3 Å². The first-order valence-electron chi connectivity index (χ1n) is 15.4. The third kappa shape index (κ3) is 8.60. The van der Waals surface area contributed by atoms with Crippen LogP contribution in [0.1, 0.15) is 33.2 Å². The molecule has 0 spiro atoms. The second-order valence-electron chi connectivity index (χ2n) is 10.6. The number of hydrogen-bond donors (Lipinski definition) is 2. The number of ether oxygens (including phenoxy) is 5. The van der Waals surface area contributed by atoms with Gasteiger partial charge in [0.05, 0.1) is 64.2 Å². The van der Waals surface area contributed by atoms with Crippen LogP contribution in [-0.4, -0.2) is 103 Å². The Bertz CT molecular complexity index is 1460. The van der Waals surface area contributed by atoms with E-state index in [2.05, 4.69) is 4.90 Å². The second-order valence-corrected chi connectivity index (χ2v) is 10.6. The van der Waals surface area contributed by atoms with E-state index < -0.39 is 0 Å². The Labute approximate surface area is 270 Å². The van der Waals surface area contributed by atoms with Crippen molar-refractivity contribution in [1.29, 1.82) is 0 Å². The van der Waals surface area contributed by atoms with Gasteiger partial charge in [0.1, 0.15) is 0 Å². The van der Waals surface area contributed by atoms with Gasteiger partial charge in [-0.3, -0.25) is 19.5 Å². The molecule has 1 heterocycles. The summed E-state index contributed by atoms with van der Waals surface area (Å²) in [4.78, 5) is 29.4. The molecule has 0 aliphatic carbocycles. The first-order valence-corrected chi connectivity index (χ1v) is 15.4. The summed E-state index contributed by atoms with van der Waals surface area (Å²) in [6.07, 6.45) is 1.63. The molecule has 0 saturated carbocycles. The number of nitrogens with zero attached hydrogens (tertiary/aromatic N) is 3.